The van der Waals surface area contributed by atoms with Crippen molar-refractivity contribution in [1.82, 2.24) is 0 Å². The van der Waals surface area contributed by atoms with Gasteiger partial charge in [0.25, 0.3) is 5.91 Å². The van der Waals surface area contributed by atoms with Crippen LogP contribution in [0.15, 0.2) is 48.5 Å². The fourth-order valence-corrected chi connectivity index (χ4v) is 6.02. The van der Waals surface area contributed by atoms with Crippen LogP contribution < -0.4 is 10.2 Å². The van der Waals surface area contributed by atoms with Crippen LogP contribution in [0.1, 0.15) is 39.9 Å². The molecule has 3 aromatic carbocycles. The van der Waals surface area contributed by atoms with Crippen molar-refractivity contribution >= 4 is 63.8 Å². The largest absolute Gasteiger partial charge is 0.523 e. The second-order valence-electron chi connectivity index (χ2n) is 10.4. The number of halogens is 12. The predicted octanol–water partition coefficient (Wildman–Crippen LogP) is 8.62. The van der Waals surface area contributed by atoms with Gasteiger partial charge in [0.1, 0.15) is 28.3 Å². The quantitative estimate of drug-likeness (QED) is 0.128. The van der Waals surface area contributed by atoms with Gasteiger partial charge in [-0.05, 0) is 54.4 Å². The van der Waals surface area contributed by atoms with Crippen molar-refractivity contribution in [3.63, 3.8) is 0 Å². The molecule has 18 heteroatoms. The van der Waals surface area contributed by atoms with Crippen molar-refractivity contribution in [2.24, 2.45) is 5.92 Å². The molecule has 258 valence electrons. The van der Waals surface area contributed by atoms with E-state index in [9.17, 15) is 49.5 Å². The van der Waals surface area contributed by atoms with Crippen LogP contribution in [0.25, 0.3) is 0 Å². The normalized spacial score (nSPS) is 17.2. The Labute approximate surface area is 280 Å². The molecular formula is C30H20Cl3F9N2O4. The highest BCUT2D eigenvalue weighted by Crippen LogP contribution is 2.65. The number of Topliss-reactive ketones (excluding diaryl/α,β-unsaturated/α-hetero) is 1. The lowest BCUT2D eigenvalue weighted by atomic mass is 10.0. The van der Waals surface area contributed by atoms with E-state index in [2.05, 4.69) is 10.1 Å². The number of anilines is 2. The summed E-state index contributed by atoms with van der Waals surface area (Å²) in [4.78, 5) is 38.9. The summed E-state index contributed by atoms with van der Waals surface area (Å²) in [5, 5.41) is 2.24. The molecule has 3 aromatic rings. The number of amides is 2. The van der Waals surface area contributed by atoms with Crippen LogP contribution in [0.4, 0.5) is 50.9 Å². The average molecular weight is 750 g/mol. The number of benzene rings is 3. The molecule has 4 rings (SSSR count). The molecular weight excluding hydrogens is 730 g/mol. The summed E-state index contributed by atoms with van der Waals surface area (Å²) in [6.45, 7) is -0.789. The van der Waals surface area contributed by atoms with E-state index in [0.717, 1.165) is 18.2 Å². The smallest absolute Gasteiger partial charge is 0.326 e. The molecule has 48 heavy (non-hydrogen) atoms. The Hall–Kier alpha value is -3.53. The maximum Gasteiger partial charge on any atom is 0.523 e. The van der Waals surface area contributed by atoms with Crippen molar-refractivity contribution in [2.45, 2.75) is 36.1 Å². The molecule has 0 heterocycles. The monoisotopic (exact) mass is 748 g/mol. The minimum Gasteiger partial charge on any atom is -0.326 e. The van der Waals surface area contributed by atoms with E-state index in [1.165, 1.54) is 19.1 Å². The Kier molecular flexibility index (Phi) is 10.7. The van der Waals surface area contributed by atoms with Crippen molar-refractivity contribution in [2.75, 3.05) is 23.4 Å². The number of alkyl halides is 8. The van der Waals surface area contributed by atoms with Gasteiger partial charge in [0, 0.05) is 30.1 Å². The molecule has 1 N–H and O–H groups in total. The van der Waals surface area contributed by atoms with Crippen molar-refractivity contribution in [3.8, 4) is 0 Å². The van der Waals surface area contributed by atoms with Gasteiger partial charge in [-0.15, -0.1) is 36.4 Å². The van der Waals surface area contributed by atoms with Crippen LogP contribution >= 0.6 is 34.8 Å². The zero-order valence-corrected chi connectivity index (χ0v) is 26.3. The van der Waals surface area contributed by atoms with Crippen molar-refractivity contribution in [3.05, 3.63) is 93.3 Å². The number of ketones is 1. The topological polar surface area (TPSA) is 75.7 Å². The molecule has 0 unspecified atom stereocenters. The first kappa shape index (κ1) is 37.3. The van der Waals surface area contributed by atoms with Crippen LogP contribution in [0, 0.1) is 23.4 Å². The third-order valence-electron chi connectivity index (χ3n) is 7.27. The maximum atomic E-state index is 15.4. The molecule has 2 amide bonds. The van der Waals surface area contributed by atoms with Gasteiger partial charge < -0.3 is 10.2 Å². The fourth-order valence-electron chi connectivity index (χ4n) is 4.97. The summed E-state index contributed by atoms with van der Waals surface area (Å²) in [5.41, 5.74) is -3.55. The second kappa shape index (κ2) is 13.8. The van der Waals surface area contributed by atoms with Crippen molar-refractivity contribution < 1.29 is 58.6 Å². The molecule has 0 radical (unpaired) electrons. The molecule has 1 saturated carbocycles. The molecule has 0 saturated heterocycles. The number of ether oxygens (including phenoxy) is 1. The Bertz CT molecular complexity index is 1770. The number of nitrogens with zero attached hydrogens (tertiary/aromatic N) is 1. The van der Waals surface area contributed by atoms with Gasteiger partial charge in [-0.1, -0.05) is 23.7 Å². The molecule has 0 aromatic heterocycles. The van der Waals surface area contributed by atoms with E-state index < -0.39 is 100 Å². The third-order valence-corrected chi connectivity index (χ3v) is 8.54. The van der Waals surface area contributed by atoms with Crippen molar-refractivity contribution in [1.29, 1.82) is 0 Å². The van der Waals surface area contributed by atoms with E-state index in [1.807, 2.05) is 0 Å². The summed E-state index contributed by atoms with van der Waals surface area (Å²) < 4.78 is 122. The van der Waals surface area contributed by atoms with Crippen LogP contribution in [-0.4, -0.2) is 41.4 Å². The van der Waals surface area contributed by atoms with Crippen LogP contribution in [0.5, 0.6) is 0 Å². The standard InChI is InChI=1S/C30H20Cl3F9N2O4/c1-2-44(22(46)12-48-30(40,41)42)26-20(35)8-4-14(25(26)36)10-21(45)16-11-15(5-6-18(16)31)43-27(47)24-23(28(24,32)33)13-3-7-19(34)17(9-13)29(37,38)39/h3-9,11,23-24H,2,10,12H2,1H3,(H,43,47)/t23-,24+/m0/s1. The predicted molar refractivity (Wildman–Crippen MR) is 157 cm³/mol. The molecule has 1 aliphatic rings. The molecule has 0 bridgehead atoms. The van der Waals surface area contributed by atoms with Crippen LogP contribution in [0.3, 0.4) is 0 Å². The highest BCUT2D eigenvalue weighted by molar-refractivity contribution is 6.53. The number of hydrogen-bond donors (Lipinski definition) is 1. The lowest BCUT2D eigenvalue weighted by Gasteiger charge is -2.23. The lowest BCUT2D eigenvalue weighted by molar-refractivity contribution is -0.320. The maximum absolute atomic E-state index is 15.4. The summed E-state index contributed by atoms with van der Waals surface area (Å²) in [6.07, 6.45) is -11.0. The highest BCUT2D eigenvalue weighted by Gasteiger charge is 2.67. The van der Waals surface area contributed by atoms with Gasteiger partial charge >= 0.3 is 12.5 Å². The number of hydrogen-bond acceptors (Lipinski definition) is 4. The molecule has 0 spiro atoms. The number of likely N-dealkylation sites (N-methyl/N-ethyl adjacent to an activating group) is 1. The van der Waals surface area contributed by atoms with E-state index in [1.54, 1.807) is 0 Å². The van der Waals surface area contributed by atoms with Gasteiger partial charge in [-0.25, -0.2) is 13.2 Å². The third kappa shape index (κ3) is 8.01. The minimum absolute atomic E-state index is 0.0645. The van der Waals surface area contributed by atoms with Gasteiger partial charge in [-0.2, -0.15) is 13.2 Å². The Morgan fingerprint density at radius 2 is 1.58 bits per heavy atom. The first-order valence-electron chi connectivity index (χ1n) is 13.5. The molecule has 0 aliphatic heterocycles. The fraction of sp³-hybridized carbons (Fsp3) is 0.300. The first-order valence-corrected chi connectivity index (χ1v) is 14.7. The molecule has 2 atom stereocenters. The average Bonchev–Trinajstić information content (AvgIpc) is 3.57. The highest BCUT2D eigenvalue weighted by atomic mass is 35.5. The van der Waals surface area contributed by atoms with E-state index >= 15 is 4.39 Å². The molecule has 6 nitrogen and oxygen atoms in total. The number of rotatable bonds is 10. The van der Waals surface area contributed by atoms with Crippen LogP contribution in [0.2, 0.25) is 5.02 Å². The second-order valence-corrected chi connectivity index (χ2v) is 12.2. The summed E-state index contributed by atoms with van der Waals surface area (Å²) in [7, 11) is 0. The van der Waals surface area contributed by atoms with Gasteiger partial charge in [0.05, 0.1) is 16.5 Å². The van der Waals surface area contributed by atoms with E-state index in [0.29, 0.717) is 23.1 Å². The van der Waals surface area contributed by atoms with Gasteiger partial charge in [0.15, 0.2) is 11.6 Å². The zero-order chi connectivity index (χ0) is 35.9. The Balaban J connectivity index is 1.53. The lowest BCUT2D eigenvalue weighted by Crippen LogP contribution is -2.37. The zero-order valence-electron chi connectivity index (χ0n) is 24.0. The van der Waals surface area contributed by atoms with Crippen LogP contribution in [-0.2, 0) is 26.9 Å². The number of carbonyl (C=O) groups is 3. The van der Waals surface area contributed by atoms with E-state index in [4.69, 9.17) is 34.8 Å². The molecule has 1 aliphatic carbocycles. The van der Waals surface area contributed by atoms with Gasteiger partial charge in [0.2, 0.25) is 5.91 Å². The number of carbonyl (C=O) groups excluding carboxylic acids is 3. The Morgan fingerprint density at radius 3 is 2.19 bits per heavy atom. The number of nitrogens with one attached hydrogen (secondary N) is 1. The SMILES string of the molecule is CCN(C(=O)COC(F)(F)F)c1c(F)ccc(CC(=O)c2cc(NC(=O)[C@H]3[C@H](c4ccc(F)c(C(F)(F)F)c4)C3(Cl)Cl)ccc2Cl)c1F. The van der Waals surface area contributed by atoms with Gasteiger partial charge in [-0.3, -0.25) is 19.1 Å². The summed E-state index contributed by atoms with van der Waals surface area (Å²) in [5.74, 6) is -9.90. The Morgan fingerprint density at radius 1 is 0.938 bits per heavy atom. The summed E-state index contributed by atoms with van der Waals surface area (Å²) in [6, 6.07) is 7.18. The van der Waals surface area contributed by atoms with E-state index in [-0.39, 0.29) is 21.8 Å². The summed E-state index contributed by atoms with van der Waals surface area (Å²) >= 11 is 18.6. The minimum atomic E-state index is -5.19. The first-order chi connectivity index (χ1) is 22.2. The molecule has 1 fully saturated rings.